The second-order valence-electron chi connectivity index (χ2n) is 7.25. The van der Waals surface area contributed by atoms with Gasteiger partial charge in [0.1, 0.15) is 5.76 Å². The summed E-state index contributed by atoms with van der Waals surface area (Å²) in [5, 5.41) is 0. The Morgan fingerprint density at radius 3 is 2.62 bits per heavy atom. The van der Waals surface area contributed by atoms with E-state index in [0.29, 0.717) is 18.3 Å². The van der Waals surface area contributed by atoms with Crippen LogP contribution in [0.5, 0.6) is 0 Å². The highest BCUT2D eigenvalue weighted by atomic mass is 16.4. The van der Waals surface area contributed by atoms with Crippen molar-refractivity contribution in [3.8, 4) is 0 Å². The highest BCUT2D eigenvalue weighted by molar-refractivity contribution is 5.92. The number of carbonyl (C=O) groups excluding carboxylic acids is 1. The number of carbonyl (C=O) groups is 1. The summed E-state index contributed by atoms with van der Waals surface area (Å²) in [5.74, 6) is 1.38. The lowest BCUT2D eigenvalue weighted by Gasteiger charge is -2.19. The molecule has 0 spiro atoms. The van der Waals surface area contributed by atoms with E-state index in [-0.39, 0.29) is 5.91 Å². The van der Waals surface area contributed by atoms with Crippen LogP contribution in [0.3, 0.4) is 0 Å². The third-order valence-corrected chi connectivity index (χ3v) is 5.11. The molecular weight excluding hydrogens is 324 g/mol. The lowest BCUT2D eigenvalue weighted by Crippen LogP contribution is -2.33. The van der Waals surface area contributed by atoms with Crippen molar-refractivity contribution >= 4 is 12.0 Å². The molecule has 1 aliphatic heterocycles. The minimum absolute atomic E-state index is 0.0119. The number of amides is 1. The zero-order chi connectivity index (χ0) is 17.8. The molecule has 1 aliphatic carbocycles. The van der Waals surface area contributed by atoms with Crippen LogP contribution in [0.4, 0.5) is 0 Å². The van der Waals surface area contributed by atoms with Crippen LogP contribution < -0.4 is 0 Å². The Bertz CT molecular complexity index is 755. The molecule has 1 saturated carbocycles. The van der Waals surface area contributed by atoms with Crippen LogP contribution in [0, 0.1) is 0 Å². The maximum atomic E-state index is 12.9. The molecule has 4 nitrogen and oxygen atoms in total. The molecule has 2 heterocycles. The number of likely N-dealkylation sites (tertiary alicyclic amines) is 1. The Labute approximate surface area is 155 Å². The van der Waals surface area contributed by atoms with Gasteiger partial charge in [-0.1, -0.05) is 42.5 Å². The summed E-state index contributed by atoms with van der Waals surface area (Å²) in [6.45, 7) is 3.69. The van der Waals surface area contributed by atoms with Crippen LogP contribution in [0.2, 0.25) is 0 Å². The quantitative estimate of drug-likeness (QED) is 0.751. The first-order valence-electron chi connectivity index (χ1n) is 9.63. The van der Waals surface area contributed by atoms with Gasteiger partial charge in [0, 0.05) is 12.6 Å². The Kier molecular flexibility index (Phi) is 5.21. The summed E-state index contributed by atoms with van der Waals surface area (Å²) < 4.78 is 5.87. The van der Waals surface area contributed by atoms with Gasteiger partial charge in [0.25, 0.3) is 5.91 Å². The predicted octanol–water partition coefficient (Wildman–Crippen LogP) is 4.19. The Balaban J connectivity index is 1.39. The normalized spacial score (nSPS) is 17.8. The van der Waals surface area contributed by atoms with Gasteiger partial charge in [0.05, 0.1) is 6.54 Å². The van der Waals surface area contributed by atoms with E-state index < -0.39 is 0 Å². The van der Waals surface area contributed by atoms with Crippen LogP contribution in [-0.4, -0.2) is 41.4 Å². The Morgan fingerprint density at radius 2 is 1.88 bits per heavy atom. The van der Waals surface area contributed by atoms with Gasteiger partial charge >= 0.3 is 0 Å². The molecule has 136 valence electrons. The van der Waals surface area contributed by atoms with Gasteiger partial charge in [0.2, 0.25) is 0 Å². The largest absolute Gasteiger partial charge is 0.455 e. The molecule has 0 N–H and O–H groups in total. The molecule has 0 bridgehead atoms. The molecule has 1 aromatic carbocycles. The molecule has 2 aliphatic rings. The fourth-order valence-electron chi connectivity index (χ4n) is 3.53. The van der Waals surface area contributed by atoms with Gasteiger partial charge in [-0.3, -0.25) is 9.69 Å². The fourth-order valence-corrected chi connectivity index (χ4v) is 3.53. The molecule has 0 atom stereocenters. The van der Waals surface area contributed by atoms with Crippen LogP contribution in [0.25, 0.3) is 6.08 Å². The van der Waals surface area contributed by atoms with Gasteiger partial charge in [-0.25, -0.2) is 0 Å². The zero-order valence-corrected chi connectivity index (χ0v) is 15.1. The average molecular weight is 350 g/mol. The summed E-state index contributed by atoms with van der Waals surface area (Å²) in [7, 11) is 0. The third kappa shape index (κ3) is 4.25. The van der Waals surface area contributed by atoms with Gasteiger partial charge in [-0.15, -0.1) is 0 Å². The summed E-state index contributed by atoms with van der Waals surface area (Å²) in [5.41, 5.74) is 1.15. The highest BCUT2D eigenvalue weighted by Gasteiger charge is 2.33. The molecule has 1 saturated heterocycles. The molecule has 1 amide bonds. The summed E-state index contributed by atoms with van der Waals surface area (Å²) in [4.78, 5) is 17.2. The summed E-state index contributed by atoms with van der Waals surface area (Å²) in [6.07, 6.45) is 8.84. The number of hydrogen-bond acceptors (Lipinski definition) is 3. The third-order valence-electron chi connectivity index (χ3n) is 5.11. The number of benzene rings is 1. The second-order valence-corrected chi connectivity index (χ2v) is 7.25. The average Bonchev–Trinajstić information content (AvgIpc) is 3.17. The van der Waals surface area contributed by atoms with E-state index in [2.05, 4.69) is 29.2 Å². The van der Waals surface area contributed by atoms with E-state index in [1.807, 2.05) is 35.2 Å². The van der Waals surface area contributed by atoms with E-state index in [9.17, 15) is 4.79 Å². The van der Waals surface area contributed by atoms with Crippen molar-refractivity contribution in [2.24, 2.45) is 0 Å². The van der Waals surface area contributed by atoms with E-state index in [1.165, 1.54) is 12.8 Å². The molecule has 4 rings (SSSR count). The minimum atomic E-state index is 0.0119. The minimum Gasteiger partial charge on any atom is -0.455 e. The molecule has 1 aromatic heterocycles. The molecule has 2 aromatic rings. The van der Waals surface area contributed by atoms with Crippen molar-refractivity contribution in [1.82, 2.24) is 9.80 Å². The fraction of sp³-hybridized carbons (Fsp3) is 0.409. The molecule has 4 heteroatoms. The summed E-state index contributed by atoms with van der Waals surface area (Å²) in [6, 6.07) is 14.3. The second kappa shape index (κ2) is 7.92. The Morgan fingerprint density at radius 1 is 1.12 bits per heavy atom. The molecule has 0 radical (unpaired) electrons. The predicted molar refractivity (Wildman–Crippen MR) is 103 cm³/mol. The number of hydrogen-bond donors (Lipinski definition) is 0. The van der Waals surface area contributed by atoms with Crippen LogP contribution >= 0.6 is 0 Å². The number of nitrogens with zero attached hydrogens (tertiary/aromatic N) is 2. The van der Waals surface area contributed by atoms with Gasteiger partial charge in [-0.05, 0) is 56.5 Å². The maximum absolute atomic E-state index is 12.9. The maximum Gasteiger partial charge on any atom is 0.290 e. The summed E-state index contributed by atoms with van der Waals surface area (Å²) >= 11 is 0. The SMILES string of the molecule is O=C(c1ccc(CN2CCCC2)o1)N(CC=Cc1ccccc1)C1CC1. The first-order chi connectivity index (χ1) is 12.8. The van der Waals surface area contributed by atoms with Gasteiger partial charge in [0.15, 0.2) is 5.76 Å². The number of furan rings is 1. The topological polar surface area (TPSA) is 36.7 Å². The first-order valence-corrected chi connectivity index (χ1v) is 9.63. The van der Waals surface area contributed by atoms with Crippen molar-refractivity contribution in [3.05, 3.63) is 65.6 Å². The van der Waals surface area contributed by atoms with E-state index in [0.717, 1.165) is 43.8 Å². The lowest BCUT2D eigenvalue weighted by molar-refractivity contribution is 0.0727. The molecular formula is C22H26N2O2. The monoisotopic (exact) mass is 350 g/mol. The van der Waals surface area contributed by atoms with Crippen molar-refractivity contribution in [3.63, 3.8) is 0 Å². The van der Waals surface area contributed by atoms with Crippen LogP contribution in [0.15, 0.2) is 53.0 Å². The zero-order valence-electron chi connectivity index (χ0n) is 15.1. The molecule has 2 fully saturated rings. The van der Waals surface area contributed by atoms with E-state index in [1.54, 1.807) is 0 Å². The standard InChI is InChI=1S/C22H26N2O2/c25-22(21-13-12-20(26-21)17-23-14-4-5-15-23)24(19-10-11-19)16-6-9-18-7-2-1-3-8-18/h1-3,6-9,12-13,19H,4-5,10-11,14-17H2. The van der Waals surface area contributed by atoms with Crippen LogP contribution in [0.1, 0.15) is 47.6 Å². The van der Waals surface area contributed by atoms with Crippen molar-refractivity contribution in [2.75, 3.05) is 19.6 Å². The smallest absolute Gasteiger partial charge is 0.290 e. The van der Waals surface area contributed by atoms with Crippen LogP contribution in [-0.2, 0) is 6.54 Å². The molecule has 0 unspecified atom stereocenters. The van der Waals surface area contributed by atoms with Crippen molar-refractivity contribution in [2.45, 2.75) is 38.3 Å². The number of rotatable bonds is 7. The van der Waals surface area contributed by atoms with Gasteiger partial charge < -0.3 is 9.32 Å². The first kappa shape index (κ1) is 17.1. The Hall–Kier alpha value is -2.33. The van der Waals surface area contributed by atoms with E-state index >= 15 is 0 Å². The lowest BCUT2D eigenvalue weighted by atomic mass is 10.2. The van der Waals surface area contributed by atoms with Crippen molar-refractivity contribution < 1.29 is 9.21 Å². The molecule has 26 heavy (non-hydrogen) atoms. The van der Waals surface area contributed by atoms with Crippen molar-refractivity contribution in [1.29, 1.82) is 0 Å². The van der Waals surface area contributed by atoms with Gasteiger partial charge in [-0.2, -0.15) is 0 Å². The van der Waals surface area contributed by atoms with E-state index in [4.69, 9.17) is 4.42 Å². The highest BCUT2D eigenvalue weighted by Crippen LogP contribution is 2.29.